The van der Waals surface area contributed by atoms with Crippen LogP contribution >= 0.6 is 25.3 Å². The van der Waals surface area contributed by atoms with Crippen molar-refractivity contribution in [3.8, 4) is 0 Å². The zero-order valence-electron chi connectivity index (χ0n) is 7.88. The van der Waals surface area contributed by atoms with E-state index >= 15 is 0 Å². The molecule has 12 heavy (non-hydrogen) atoms. The fraction of sp³-hybridized carbons (Fsp3) is 0.800. The monoisotopic (exact) mass is 202 g/mol. The zero-order valence-corrected chi connectivity index (χ0v) is 9.67. The largest absolute Gasteiger partial charge is 0.178 e. The van der Waals surface area contributed by atoms with Crippen molar-refractivity contribution in [3.05, 3.63) is 11.6 Å². The van der Waals surface area contributed by atoms with Crippen molar-refractivity contribution in [1.82, 2.24) is 0 Å². The van der Waals surface area contributed by atoms with E-state index in [9.17, 15) is 0 Å². The third-order valence-electron chi connectivity index (χ3n) is 2.84. The van der Waals surface area contributed by atoms with Crippen LogP contribution in [0.15, 0.2) is 11.6 Å². The average Bonchev–Trinajstić information content (AvgIpc) is 2.05. The molecule has 0 nitrogen and oxygen atoms in total. The molecule has 0 bridgehead atoms. The summed E-state index contributed by atoms with van der Waals surface area (Å²) < 4.78 is 0.111. The SMILES string of the molecule is CC1=CCC(C(C)(S)CS)CC1. The van der Waals surface area contributed by atoms with Gasteiger partial charge in [0.1, 0.15) is 0 Å². The van der Waals surface area contributed by atoms with E-state index in [4.69, 9.17) is 0 Å². The highest BCUT2D eigenvalue weighted by Crippen LogP contribution is 2.36. The Morgan fingerprint density at radius 3 is 2.75 bits per heavy atom. The Balaban J connectivity index is 2.56. The molecule has 2 unspecified atom stereocenters. The molecule has 0 saturated heterocycles. The van der Waals surface area contributed by atoms with Crippen molar-refractivity contribution in [2.75, 3.05) is 5.75 Å². The predicted octanol–water partition coefficient (Wildman–Crippen LogP) is 3.35. The predicted molar refractivity (Wildman–Crippen MR) is 62.3 cm³/mol. The summed E-state index contributed by atoms with van der Waals surface area (Å²) in [6.45, 7) is 4.41. The van der Waals surface area contributed by atoms with E-state index in [-0.39, 0.29) is 4.75 Å². The Hall–Kier alpha value is 0.440. The summed E-state index contributed by atoms with van der Waals surface area (Å²) in [6.07, 6.45) is 6.07. The first-order valence-electron chi connectivity index (χ1n) is 4.55. The number of rotatable bonds is 2. The van der Waals surface area contributed by atoms with Crippen LogP contribution in [-0.4, -0.2) is 10.5 Å². The molecule has 1 rings (SSSR count). The molecule has 70 valence electrons. The van der Waals surface area contributed by atoms with E-state index < -0.39 is 0 Å². The van der Waals surface area contributed by atoms with E-state index in [2.05, 4.69) is 45.2 Å². The maximum Gasteiger partial charge on any atom is 0.0220 e. The van der Waals surface area contributed by atoms with E-state index in [0.29, 0.717) is 5.92 Å². The van der Waals surface area contributed by atoms with Crippen molar-refractivity contribution in [3.63, 3.8) is 0 Å². The van der Waals surface area contributed by atoms with Crippen LogP contribution in [-0.2, 0) is 0 Å². The van der Waals surface area contributed by atoms with Gasteiger partial charge in [0.2, 0.25) is 0 Å². The third-order valence-corrected chi connectivity index (χ3v) is 4.27. The summed E-state index contributed by atoms with van der Waals surface area (Å²) in [5.41, 5.74) is 1.54. The van der Waals surface area contributed by atoms with Crippen molar-refractivity contribution in [2.45, 2.75) is 37.9 Å². The van der Waals surface area contributed by atoms with Crippen LogP contribution in [0.3, 0.4) is 0 Å². The average molecular weight is 202 g/mol. The van der Waals surface area contributed by atoms with Gasteiger partial charge in [-0.1, -0.05) is 11.6 Å². The molecule has 0 aromatic heterocycles. The lowest BCUT2D eigenvalue weighted by atomic mass is 9.82. The normalized spacial score (nSPS) is 29.3. The molecule has 0 fully saturated rings. The van der Waals surface area contributed by atoms with Crippen LogP contribution < -0.4 is 0 Å². The highest BCUT2D eigenvalue weighted by atomic mass is 32.1. The molecule has 0 aliphatic heterocycles. The second-order valence-electron chi connectivity index (χ2n) is 4.04. The van der Waals surface area contributed by atoms with Crippen molar-refractivity contribution < 1.29 is 0 Å². The van der Waals surface area contributed by atoms with Gasteiger partial charge in [-0.3, -0.25) is 0 Å². The number of allylic oxidation sites excluding steroid dienone is 2. The van der Waals surface area contributed by atoms with Crippen LogP contribution in [0, 0.1) is 5.92 Å². The molecule has 0 heterocycles. The second-order valence-corrected chi connectivity index (χ2v) is 5.37. The minimum absolute atomic E-state index is 0.111. The Kier molecular flexibility index (Phi) is 3.59. The van der Waals surface area contributed by atoms with Gasteiger partial charge in [-0.05, 0) is 39.0 Å². The van der Waals surface area contributed by atoms with Gasteiger partial charge in [-0.15, -0.1) is 0 Å². The van der Waals surface area contributed by atoms with E-state index in [1.165, 1.54) is 24.8 Å². The van der Waals surface area contributed by atoms with Gasteiger partial charge >= 0.3 is 0 Å². The first-order chi connectivity index (χ1) is 5.56. The fourth-order valence-corrected chi connectivity index (χ4v) is 2.15. The van der Waals surface area contributed by atoms with Crippen molar-refractivity contribution >= 4 is 25.3 Å². The number of hydrogen-bond donors (Lipinski definition) is 2. The summed E-state index contributed by atoms with van der Waals surface area (Å²) in [4.78, 5) is 0. The molecule has 1 aliphatic carbocycles. The van der Waals surface area contributed by atoms with Gasteiger partial charge in [0.15, 0.2) is 0 Å². The third kappa shape index (κ3) is 2.46. The Bertz CT molecular complexity index is 182. The van der Waals surface area contributed by atoms with Crippen LogP contribution in [0.5, 0.6) is 0 Å². The molecule has 0 aromatic carbocycles. The first-order valence-corrected chi connectivity index (χ1v) is 5.63. The maximum atomic E-state index is 4.65. The summed E-state index contributed by atoms with van der Waals surface area (Å²) >= 11 is 8.99. The van der Waals surface area contributed by atoms with Gasteiger partial charge in [-0.2, -0.15) is 25.3 Å². The molecule has 0 spiro atoms. The van der Waals surface area contributed by atoms with Crippen molar-refractivity contribution in [1.29, 1.82) is 0 Å². The van der Waals surface area contributed by atoms with Crippen molar-refractivity contribution in [2.24, 2.45) is 5.92 Å². The topological polar surface area (TPSA) is 0 Å². The van der Waals surface area contributed by atoms with Crippen LogP contribution in [0.4, 0.5) is 0 Å². The highest BCUT2D eigenvalue weighted by molar-refractivity contribution is 7.85. The van der Waals surface area contributed by atoms with Crippen LogP contribution in [0.25, 0.3) is 0 Å². The van der Waals surface area contributed by atoms with Gasteiger partial charge in [-0.25, -0.2) is 0 Å². The van der Waals surface area contributed by atoms with E-state index in [1.54, 1.807) is 0 Å². The molecule has 0 amide bonds. The summed E-state index contributed by atoms with van der Waals surface area (Å²) in [7, 11) is 0. The summed E-state index contributed by atoms with van der Waals surface area (Å²) in [6, 6.07) is 0. The van der Waals surface area contributed by atoms with Gasteiger partial charge < -0.3 is 0 Å². The minimum atomic E-state index is 0.111. The molecule has 2 heteroatoms. The molecule has 0 saturated carbocycles. The lowest BCUT2D eigenvalue weighted by Gasteiger charge is -2.34. The van der Waals surface area contributed by atoms with E-state index in [1.807, 2.05) is 0 Å². The smallest absolute Gasteiger partial charge is 0.0220 e. The molecular formula is C10H18S2. The molecule has 0 aromatic rings. The molecule has 0 N–H and O–H groups in total. The lowest BCUT2D eigenvalue weighted by molar-refractivity contribution is 0.391. The first kappa shape index (κ1) is 10.5. The van der Waals surface area contributed by atoms with Gasteiger partial charge in [0.05, 0.1) is 0 Å². The Morgan fingerprint density at radius 1 is 1.67 bits per heavy atom. The zero-order chi connectivity index (χ0) is 9.19. The fourth-order valence-electron chi connectivity index (χ4n) is 1.66. The van der Waals surface area contributed by atoms with Crippen LogP contribution in [0.1, 0.15) is 33.1 Å². The molecule has 0 radical (unpaired) electrons. The Labute approximate surface area is 86.6 Å². The van der Waals surface area contributed by atoms with E-state index in [0.717, 1.165) is 5.75 Å². The summed E-state index contributed by atoms with van der Waals surface area (Å²) in [5, 5.41) is 0. The maximum absolute atomic E-state index is 4.65. The quantitative estimate of drug-likeness (QED) is 0.498. The number of hydrogen-bond acceptors (Lipinski definition) is 2. The second kappa shape index (κ2) is 4.10. The Morgan fingerprint density at radius 2 is 2.33 bits per heavy atom. The molecule has 2 atom stereocenters. The number of thiol groups is 2. The highest BCUT2D eigenvalue weighted by Gasteiger charge is 2.29. The molecular weight excluding hydrogens is 184 g/mol. The standard InChI is InChI=1S/C10H18S2/c1-8-3-5-9(6-4-8)10(2,12)7-11/h3,9,11-12H,4-7H2,1-2H3. The van der Waals surface area contributed by atoms with Crippen LogP contribution in [0.2, 0.25) is 0 Å². The summed E-state index contributed by atoms with van der Waals surface area (Å²) in [5.74, 6) is 1.58. The lowest BCUT2D eigenvalue weighted by Crippen LogP contribution is -2.31. The van der Waals surface area contributed by atoms with Gasteiger partial charge in [0, 0.05) is 10.5 Å². The minimum Gasteiger partial charge on any atom is -0.178 e. The van der Waals surface area contributed by atoms with Gasteiger partial charge in [0.25, 0.3) is 0 Å². The molecule has 1 aliphatic rings.